The number of carbonyl (C=O) groups is 2. The molecule has 0 spiro atoms. The summed E-state index contributed by atoms with van der Waals surface area (Å²) in [6.07, 6.45) is 10.8. The van der Waals surface area contributed by atoms with Crippen molar-refractivity contribution in [3.05, 3.63) is 48.4 Å². The van der Waals surface area contributed by atoms with Crippen molar-refractivity contribution in [1.29, 1.82) is 0 Å². The number of carbonyl (C=O) groups excluding carboxylic acids is 2. The number of nitrogens with zero attached hydrogens (tertiary/aromatic N) is 2. The van der Waals surface area contributed by atoms with Crippen LogP contribution >= 0.6 is 0 Å². The molecule has 1 aliphatic heterocycles. The molecule has 0 radical (unpaired) electrons. The lowest BCUT2D eigenvalue weighted by Crippen LogP contribution is -2.44. The first-order valence-electron chi connectivity index (χ1n) is 11.1. The van der Waals surface area contributed by atoms with E-state index in [0.717, 1.165) is 25.7 Å². The van der Waals surface area contributed by atoms with Crippen LogP contribution in [0.15, 0.2) is 53.4 Å². The Balaban J connectivity index is 1.77. The van der Waals surface area contributed by atoms with E-state index < -0.39 is 11.9 Å². The average Bonchev–Trinajstić information content (AvgIpc) is 3.16. The predicted molar refractivity (Wildman–Crippen MR) is 123 cm³/mol. The molecule has 1 saturated carbocycles. The van der Waals surface area contributed by atoms with Crippen LogP contribution in [0.3, 0.4) is 0 Å². The third-order valence-corrected chi connectivity index (χ3v) is 5.81. The number of amides is 2. The first-order chi connectivity index (χ1) is 15.5. The van der Waals surface area contributed by atoms with Gasteiger partial charge in [-0.05, 0) is 36.7 Å². The van der Waals surface area contributed by atoms with Gasteiger partial charge < -0.3 is 25.4 Å². The van der Waals surface area contributed by atoms with E-state index in [1.807, 2.05) is 12.1 Å². The quantitative estimate of drug-likeness (QED) is 0.452. The average molecular weight is 441 g/mol. The third kappa shape index (κ3) is 6.12. The van der Waals surface area contributed by atoms with E-state index in [2.05, 4.69) is 10.3 Å². The van der Waals surface area contributed by atoms with E-state index in [9.17, 15) is 9.59 Å². The lowest BCUT2D eigenvalue weighted by molar-refractivity contribution is -0.134. The molecule has 1 heterocycles. The minimum Gasteiger partial charge on any atom is -0.493 e. The predicted octanol–water partition coefficient (Wildman–Crippen LogP) is 2.76. The van der Waals surface area contributed by atoms with Gasteiger partial charge in [0.05, 0.1) is 13.7 Å². The largest absolute Gasteiger partial charge is 0.493 e. The standard InChI is InChI=1S/C24H32N4O4/c1-26-13-12-22(25)27-24(30)19(14-17-8-4-3-5-9-17)28-16-18(15-23(28)29)32-21-11-7-6-10-20(21)31-2/h6-7,10-13,15,17,19,26H,3-5,8-9,14,16H2,1-2H3,(H2,25,27,30)/b13-12-. The van der Waals surface area contributed by atoms with Gasteiger partial charge in [0, 0.05) is 13.1 Å². The molecule has 1 atom stereocenters. The van der Waals surface area contributed by atoms with Gasteiger partial charge in [-0.1, -0.05) is 44.2 Å². The van der Waals surface area contributed by atoms with Gasteiger partial charge in [-0.3, -0.25) is 9.59 Å². The second kappa shape index (κ2) is 11.4. The summed E-state index contributed by atoms with van der Waals surface area (Å²) in [5.74, 6) is 1.37. The number of para-hydroxylation sites is 2. The van der Waals surface area contributed by atoms with Crippen LogP contribution in [0.25, 0.3) is 0 Å². The molecule has 0 aromatic heterocycles. The van der Waals surface area contributed by atoms with Crippen molar-refractivity contribution in [3.63, 3.8) is 0 Å². The first kappa shape index (κ1) is 23.4. The highest BCUT2D eigenvalue weighted by Gasteiger charge is 2.36. The van der Waals surface area contributed by atoms with Crippen LogP contribution in [0, 0.1) is 5.92 Å². The molecule has 8 nitrogen and oxygen atoms in total. The van der Waals surface area contributed by atoms with E-state index >= 15 is 0 Å². The van der Waals surface area contributed by atoms with Gasteiger partial charge in [-0.15, -0.1) is 0 Å². The number of nitrogens with one attached hydrogen (secondary N) is 1. The first-order valence-corrected chi connectivity index (χ1v) is 11.1. The molecule has 172 valence electrons. The molecular weight excluding hydrogens is 408 g/mol. The van der Waals surface area contributed by atoms with Gasteiger partial charge in [0.25, 0.3) is 11.8 Å². The highest BCUT2D eigenvalue weighted by Crippen LogP contribution is 2.32. The van der Waals surface area contributed by atoms with Crippen LogP contribution in [0.5, 0.6) is 11.5 Å². The summed E-state index contributed by atoms with van der Waals surface area (Å²) in [7, 11) is 3.29. The summed E-state index contributed by atoms with van der Waals surface area (Å²) >= 11 is 0. The molecule has 0 saturated heterocycles. The maximum Gasteiger partial charge on any atom is 0.270 e. The molecule has 0 bridgehead atoms. The van der Waals surface area contributed by atoms with Crippen LogP contribution < -0.4 is 20.5 Å². The summed E-state index contributed by atoms with van der Waals surface area (Å²) in [6, 6.07) is 6.56. The number of methoxy groups -OCH3 is 1. The maximum absolute atomic E-state index is 13.1. The summed E-state index contributed by atoms with van der Waals surface area (Å²) < 4.78 is 11.3. The van der Waals surface area contributed by atoms with Crippen LogP contribution in [0.4, 0.5) is 0 Å². The Bertz CT molecular complexity index is 903. The molecule has 2 aliphatic rings. The SMILES string of the molecule is CN/C=C\C(N)=NC(=O)C(CC1CCCCC1)N1CC(Oc2ccccc2OC)=CC1=O. The van der Waals surface area contributed by atoms with Crippen molar-refractivity contribution in [2.75, 3.05) is 20.7 Å². The van der Waals surface area contributed by atoms with Crippen LogP contribution in [-0.2, 0) is 9.59 Å². The Hall–Kier alpha value is -3.29. The zero-order valence-electron chi connectivity index (χ0n) is 18.8. The van der Waals surface area contributed by atoms with Crippen molar-refractivity contribution >= 4 is 17.6 Å². The Morgan fingerprint density at radius 2 is 2.00 bits per heavy atom. The molecule has 32 heavy (non-hydrogen) atoms. The van der Waals surface area contributed by atoms with Crippen molar-refractivity contribution in [2.45, 2.75) is 44.6 Å². The summed E-state index contributed by atoms with van der Waals surface area (Å²) in [6.45, 7) is 0.196. The number of ether oxygens (including phenoxy) is 2. The van der Waals surface area contributed by atoms with E-state index in [4.69, 9.17) is 15.2 Å². The van der Waals surface area contributed by atoms with Gasteiger partial charge in [-0.2, -0.15) is 4.99 Å². The summed E-state index contributed by atoms with van der Waals surface area (Å²) in [5, 5.41) is 2.81. The summed E-state index contributed by atoms with van der Waals surface area (Å²) in [4.78, 5) is 31.5. The topological polar surface area (TPSA) is 106 Å². The highest BCUT2D eigenvalue weighted by molar-refractivity contribution is 6.03. The molecule has 8 heteroatoms. The fourth-order valence-corrected chi connectivity index (χ4v) is 4.19. The Morgan fingerprint density at radius 1 is 1.28 bits per heavy atom. The van der Waals surface area contributed by atoms with Crippen molar-refractivity contribution < 1.29 is 19.1 Å². The number of hydrogen-bond donors (Lipinski definition) is 2. The van der Waals surface area contributed by atoms with Crippen molar-refractivity contribution in [3.8, 4) is 11.5 Å². The monoisotopic (exact) mass is 440 g/mol. The van der Waals surface area contributed by atoms with E-state index in [1.165, 1.54) is 18.6 Å². The Labute approximate surface area is 189 Å². The lowest BCUT2D eigenvalue weighted by atomic mass is 9.84. The zero-order valence-corrected chi connectivity index (χ0v) is 18.8. The summed E-state index contributed by atoms with van der Waals surface area (Å²) in [5.41, 5.74) is 5.87. The molecule has 1 unspecified atom stereocenters. The van der Waals surface area contributed by atoms with E-state index in [-0.39, 0.29) is 18.3 Å². The molecule has 1 fully saturated rings. The fraction of sp³-hybridized carbons (Fsp3) is 0.458. The minimum absolute atomic E-state index is 0.100. The van der Waals surface area contributed by atoms with E-state index in [0.29, 0.717) is 29.6 Å². The second-order valence-corrected chi connectivity index (χ2v) is 8.08. The molecule has 3 N–H and O–H groups in total. The van der Waals surface area contributed by atoms with E-state index in [1.54, 1.807) is 37.4 Å². The third-order valence-electron chi connectivity index (χ3n) is 5.81. The maximum atomic E-state index is 13.1. The molecule has 2 amide bonds. The molecule has 1 aromatic rings. The Kier molecular flexibility index (Phi) is 8.30. The molecule has 1 aliphatic carbocycles. The lowest BCUT2D eigenvalue weighted by Gasteiger charge is -2.30. The molecule has 1 aromatic carbocycles. The van der Waals surface area contributed by atoms with Crippen LogP contribution in [0.1, 0.15) is 38.5 Å². The number of amidine groups is 1. The normalized spacial score (nSPS) is 18.6. The Morgan fingerprint density at radius 3 is 2.69 bits per heavy atom. The van der Waals surface area contributed by atoms with Crippen molar-refractivity contribution in [1.82, 2.24) is 10.2 Å². The van der Waals surface area contributed by atoms with Gasteiger partial charge in [0.1, 0.15) is 17.6 Å². The highest BCUT2D eigenvalue weighted by atomic mass is 16.5. The van der Waals surface area contributed by atoms with Crippen LogP contribution in [-0.4, -0.2) is 49.3 Å². The van der Waals surface area contributed by atoms with Gasteiger partial charge in [0.2, 0.25) is 0 Å². The number of nitrogens with two attached hydrogens (primary N) is 1. The van der Waals surface area contributed by atoms with Gasteiger partial charge in [-0.25, -0.2) is 0 Å². The van der Waals surface area contributed by atoms with Crippen LogP contribution in [0.2, 0.25) is 0 Å². The molecule has 3 rings (SSSR count). The number of rotatable bonds is 9. The van der Waals surface area contributed by atoms with Gasteiger partial charge in [0.15, 0.2) is 11.5 Å². The number of benzene rings is 1. The zero-order chi connectivity index (χ0) is 22.9. The minimum atomic E-state index is -0.679. The second-order valence-electron chi connectivity index (χ2n) is 8.08. The smallest absolute Gasteiger partial charge is 0.270 e. The number of hydrogen-bond acceptors (Lipinski definition) is 5. The van der Waals surface area contributed by atoms with Gasteiger partial charge >= 0.3 is 0 Å². The fourth-order valence-electron chi connectivity index (χ4n) is 4.19. The molecular formula is C24H32N4O4. The van der Waals surface area contributed by atoms with Crippen molar-refractivity contribution in [2.24, 2.45) is 16.6 Å². The number of aliphatic imine (C=N–C) groups is 1.